The smallest absolute Gasteiger partial charge is 0.277 e. The van der Waals surface area contributed by atoms with Crippen LogP contribution in [0.5, 0.6) is 0 Å². The fraction of sp³-hybridized carbons (Fsp3) is 0.412. The lowest BCUT2D eigenvalue weighted by atomic mass is 10.1. The summed E-state index contributed by atoms with van der Waals surface area (Å²) in [5.41, 5.74) is 3.05. The van der Waals surface area contributed by atoms with Crippen molar-refractivity contribution in [2.45, 2.75) is 6.92 Å². The molecule has 1 saturated heterocycles. The number of nitrogens with zero attached hydrogens (tertiary/aromatic N) is 2. The molecule has 0 radical (unpaired) electrons. The molecule has 1 aromatic carbocycles. The van der Waals surface area contributed by atoms with E-state index in [0.29, 0.717) is 13.2 Å². The van der Waals surface area contributed by atoms with Crippen molar-refractivity contribution in [3.8, 4) is 0 Å². The summed E-state index contributed by atoms with van der Waals surface area (Å²) < 4.78 is 5.39. The van der Waals surface area contributed by atoms with E-state index in [-0.39, 0.29) is 18.8 Å². The Bertz CT molecular complexity index is 680. The molecule has 2 aliphatic rings. The molecule has 0 aromatic heterocycles. The highest BCUT2D eigenvalue weighted by Gasteiger charge is 2.31. The first-order valence-electron chi connectivity index (χ1n) is 7.99. The third kappa shape index (κ3) is 3.27. The van der Waals surface area contributed by atoms with E-state index in [1.807, 2.05) is 25.1 Å². The summed E-state index contributed by atoms with van der Waals surface area (Å²) >= 11 is 0. The van der Waals surface area contributed by atoms with E-state index in [2.05, 4.69) is 10.2 Å². The van der Waals surface area contributed by atoms with Gasteiger partial charge in [0.2, 0.25) is 0 Å². The summed E-state index contributed by atoms with van der Waals surface area (Å²) in [7, 11) is 0. The zero-order chi connectivity index (χ0) is 17.1. The fourth-order valence-electron chi connectivity index (χ4n) is 2.88. The van der Waals surface area contributed by atoms with E-state index < -0.39 is 11.8 Å². The van der Waals surface area contributed by atoms with E-state index in [0.717, 1.165) is 34.9 Å². The van der Waals surface area contributed by atoms with Crippen molar-refractivity contribution in [2.24, 2.45) is 0 Å². The summed E-state index contributed by atoms with van der Waals surface area (Å²) in [6.45, 7) is 4.62. The van der Waals surface area contributed by atoms with Gasteiger partial charge in [-0.05, 0) is 24.6 Å². The Labute approximate surface area is 140 Å². The molecular weight excluding hydrogens is 310 g/mol. The van der Waals surface area contributed by atoms with Crippen molar-refractivity contribution in [3.05, 3.63) is 35.5 Å². The number of hydrogen-bond donors (Lipinski definition) is 2. The third-order valence-corrected chi connectivity index (χ3v) is 4.11. The first kappa shape index (κ1) is 16.5. The molecule has 128 valence electrons. The van der Waals surface area contributed by atoms with Crippen LogP contribution in [-0.2, 0) is 14.3 Å². The molecule has 24 heavy (non-hydrogen) atoms. The van der Waals surface area contributed by atoms with Crippen molar-refractivity contribution in [2.75, 3.05) is 49.7 Å². The normalized spacial score (nSPS) is 18.2. The van der Waals surface area contributed by atoms with Crippen molar-refractivity contribution in [1.82, 2.24) is 4.90 Å². The number of carbonyl (C=O) groups is 2. The summed E-state index contributed by atoms with van der Waals surface area (Å²) in [5.74, 6) is -0.819. The molecule has 1 aromatic rings. The van der Waals surface area contributed by atoms with Gasteiger partial charge in [-0.3, -0.25) is 14.5 Å². The number of carbonyl (C=O) groups excluding carboxylic acids is 2. The van der Waals surface area contributed by atoms with E-state index >= 15 is 0 Å². The summed E-state index contributed by atoms with van der Waals surface area (Å²) in [6, 6.07) is 5.98. The monoisotopic (exact) mass is 331 g/mol. The molecule has 2 heterocycles. The molecule has 0 aliphatic carbocycles. The van der Waals surface area contributed by atoms with Gasteiger partial charge in [0.05, 0.1) is 37.7 Å². The molecule has 1 fully saturated rings. The van der Waals surface area contributed by atoms with Gasteiger partial charge in [0, 0.05) is 19.2 Å². The molecule has 2 N–H and O–H groups in total. The Kier molecular flexibility index (Phi) is 4.82. The number of rotatable bonds is 5. The fourth-order valence-corrected chi connectivity index (χ4v) is 2.88. The Morgan fingerprint density at radius 1 is 1.25 bits per heavy atom. The minimum absolute atomic E-state index is 0.00346. The highest BCUT2D eigenvalue weighted by Crippen LogP contribution is 2.30. The van der Waals surface area contributed by atoms with Crippen molar-refractivity contribution in [3.63, 3.8) is 0 Å². The minimum atomic E-state index is -0.413. The van der Waals surface area contributed by atoms with Gasteiger partial charge in [0.15, 0.2) is 0 Å². The molecule has 0 spiro atoms. The SMILES string of the molecule is Cc1ccc(N2CCOCC2)c(NC2=CC(=O)N(CCO)C2=O)c1. The van der Waals surface area contributed by atoms with Crippen LogP contribution in [0.15, 0.2) is 30.0 Å². The molecule has 2 amide bonds. The van der Waals surface area contributed by atoms with E-state index in [1.54, 1.807) is 0 Å². The number of nitrogens with one attached hydrogen (secondary N) is 1. The summed E-state index contributed by atoms with van der Waals surface area (Å²) in [4.78, 5) is 27.4. The third-order valence-electron chi connectivity index (χ3n) is 4.11. The van der Waals surface area contributed by atoms with Gasteiger partial charge in [-0.25, -0.2) is 0 Å². The second-order valence-corrected chi connectivity index (χ2v) is 5.82. The van der Waals surface area contributed by atoms with Crippen LogP contribution in [0.3, 0.4) is 0 Å². The molecule has 7 nitrogen and oxygen atoms in total. The highest BCUT2D eigenvalue weighted by molar-refractivity contribution is 6.17. The van der Waals surface area contributed by atoms with Crippen LogP contribution in [-0.4, -0.2) is 61.3 Å². The summed E-state index contributed by atoms with van der Waals surface area (Å²) in [5, 5.41) is 12.1. The van der Waals surface area contributed by atoms with E-state index in [4.69, 9.17) is 9.84 Å². The number of imide groups is 1. The van der Waals surface area contributed by atoms with Crippen LogP contribution in [0.25, 0.3) is 0 Å². The lowest BCUT2D eigenvalue weighted by Gasteiger charge is -2.31. The maximum absolute atomic E-state index is 12.3. The lowest BCUT2D eigenvalue weighted by Crippen LogP contribution is -2.37. The van der Waals surface area contributed by atoms with Crippen LogP contribution in [0.1, 0.15) is 5.56 Å². The number of aryl methyl sites for hydroxylation is 1. The molecule has 0 bridgehead atoms. The molecule has 2 aliphatic heterocycles. The maximum atomic E-state index is 12.3. The largest absolute Gasteiger partial charge is 0.395 e. The van der Waals surface area contributed by atoms with Crippen LogP contribution in [0.4, 0.5) is 11.4 Å². The number of aliphatic hydroxyl groups is 1. The molecule has 0 unspecified atom stereocenters. The van der Waals surface area contributed by atoms with Crippen LogP contribution in [0, 0.1) is 6.92 Å². The first-order valence-corrected chi connectivity index (χ1v) is 7.99. The standard InChI is InChI=1S/C17H21N3O4/c1-12-2-3-15(19-5-8-24-9-6-19)13(10-12)18-14-11-16(22)20(4-7-21)17(14)23/h2-3,10-11,18,21H,4-9H2,1H3. The zero-order valence-electron chi connectivity index (χ0n) is 13.6. The van der Waals surface area contributed by atoms with Gasteiger partial charge in [0.25, 0.3) is 11.8 Å². The topological polar surface area (TPSA) is 82.1 Å². The van der Waals surface area contributed by atoms with Crippen LogP contribution in [0.2, 0.25) is 0 Å². The van der Waals surface area contributed by atoms with Crippen molar-refractivity contribution < 1.29 is 19.4 Å². The van der Waals surface area contributed by atoms with Gasteiger partial charge in [-0.15, -0.1) is 0 Å². The number of ether oxygens (including phenoxy) is 1. The second-order valence-electron chi connectivity index (χ2n) is 5.82. The van der Waals surface area contributed by atoms with Gasteiger partial charge in [0.1, 0.15) is 5.70 Å². The van der Waals surface area contributed by atoms with Crippen molar-refractivity contribution >= 4 is 23.2 Å². The van der Waals surface area contributed by atoms with Crippen LogP contribution < -0.4 is 10.2 Å². The summed E-state index contributed by atoms with van der Waals surface area (Å²) in [6.07, 6.45) is 1.28. The number of amides is 2. The van der Waals surface area contributed by atoms with E-state index in [1.165, 1.54) is 6.08 Å². The Balaban J connectivity index is 1.84. The maximum Gasteiger partial charge on any atom is 0.277 e. The Morgan fingerprint density at radius 3 is 2.71 bits per heavy atom. The molecule has 0 saturated carbocycles. The van der Waals surface area contributed by atoms with Gasteiger partial charge < -0.3 is 20.1 Å². The molecule has 3 rings (SSSR count). The average molecular weight is 331 g/mol. The van der Waals surface area contributed by atoms with Crippen LogP contribution >= 0.6 is 0 Å². The van der Waals surface area contributed by atoms with Gasteiger partial charge >= 0.3 is 0 Å². The molecule has 0 atom stereocenters. The number of benzene rings is 1. The minimum Gasteiger partial charge on any atom is -0.395 e. The van der Waals surface area contributed by atoms with Gasteiger partial charge in [-0.2, -0.15) is 0 Å². The van der Waals surface area contributed by atoms with Gasteiger partial charge in [-0.1, -0.05) is 6.07 Å². The number of β-amino-alcohol motifs (C(OH)–C–C–N with tert-alkyl or cyclic N) is 1. The quantitative estimate of drug-likeness (QED) is 0.764. The predicted octanol–water partition coefficient (Wildman–Crippen LogP) is 0.489. The number of aliphatic hydroxyl groups excluding tert-OH is 1. The lowest BCUT2D eigenvalue weighted by molar-refractivity contribution is -0.137. The molecule has 7 heteroatoms. The number of anilines is 2. The Hall–Kier alpha value is -2.38. The number of hydrogen-bond acceptors (Lipinski definition) is 6. The highest BCUT2D eigenvalue weighted by atomic mass is 16.5. The second kappa shape index (κ2) is 7.02. The average Bonchev–Trinajstić information content (AvgIpc) is 2.84. The Morgan fingerprint density at radius 2 is 2.00 bits per heavy atom. The van der Waals surface area contributed by atoms with E-state index in [9.17, 15) is 9.59 Å². The predicted molar refractivity (Wildman–Crippen MR) is 89.7 cm³/mol. The first-order chi connectivity index (χ1) is 11.6. The molecular formula is C17H21N3O4. The van der Waals surface area contributed by atoms with Crippen molar-refractivity contribution in [1.29, 1.82) is 0 Å². The number of morpholine rings is 1. The zero-order valence-corrected chi connectivity index (χ0v) is 13.6.